The molecule has 0 aliphatic heterocycles. The number of nitrogens with one attached hydrogen (secondary N) is 1. The van der Waals surface area contributed by atoms with Gasteiger partial charge in [0.1, 0.15) is 0 Å². The van der Waals surface area contributed by atoms with Gasteiger partial charge in [0, 0.05) is 11.4 Å². The number of carbonyl (C=O) groups excluding carboxylic acids is 1. The van der Waals surface area contributed by atoms with Gasteiger partial charge < -0.3 is 11.1 Å². The number of amides is 1. The third-order valence-electron chi connectivity index (χ3n) is 2.01. The molecule has 1 rings (SSSR count). The Bertz CT molecular complexity index is 308. The number of nitrogens with two attached hydrogens (primary N) is 1. The summed E-state index contributed by atoms with van der Waals surface area (Å²) in [5, 5.41) is 4.83. The molecule has 0 aliphatic rings. The van der Waals surface area contributed by atoms with Gasteiger partial charge in [0.05, 0.1) is 6.04 Å². The van der Waals surface area contributed by atoms with Crippen molar-refractivity contribution in [3.05, 3.63) is 35.0 Å². The van der Waals surface area contributed by atoms with Gasteiger partial charge in [-0.25, -0.2) is 0 Å². The Morgan fingerprint density at radius 3 is 3.13 bits per heavy atom. The van der Waals surface area contributed by atoms with E-state index < -0.39 is 6.04 Å². The molecule has 1 heterocycles. The van der Waals surface area contributed by atoms with Crippen molar-refractivity contribution >= 4 is 17.2 Å². The fourth-order valence-corrected chi connectivity index (χ4v) is 1.89. The number of thiophene rings is 1. The lowest BCUT2D eigenvalue weighted by molar-refractivity contribution is -0.122. The van der Waals surface area contributed by atoms with E-state index in [4.69, 9.17) is 5.73 Å². The lowest BCUT2D eigenvalue weighted by atomic mass is 10.2. The van der Waals surface area contributed by atoms with Crippen molar-refractivity contribution in [1.82, 2.24) is 5.32 Å². The van der Waals surface area contributed by atoms with Crippen LogP contribution in [0.3, 0.4) is 0 Å². The molecular weight excluding hydrogens is 208 g/mol. The molecule has 3 N–H and O–H groups in total. The Labute approximate surface area is 94.0 Å². The summed E-state index contributed by atoms with van der Waals surface area (Å²) >= 11 is 1.69. The minimum Gasteiger partial charge on any atom is -0.354 e. The predicted octanol–water partition coefficient (Wildman–Crippen LogP) is 1.31. The topological polar surface area (TPSA) is 55.1 Å². The second-order valence-electron chi connectivity index (χ2n) is 3.25. The first-order valence-corrected chi connectivity index (χ1v) is 5.78. The summed E-state index contributed by atoms with van der Waals surface area (Å²) < 4.78 is 0. The third kappa shape index (κ3) is 4.27. The van der Waals surface area contributed by atoms with Gasteiger partial charge in [-0.05, 0) is 24.3 Å². The predicted molar refractivity (Wildman–Crippen MR) is 63.8 cm³/mol. The Morgan fingerprint density at radius 1 is 1.73 bits per heavy atom. The summed E-state index contributed by atoms with van der Waals surface area (Å²) in [6.45, 7) is 4.19. The van der Waals surface area contributed by atoms with Crippen LogP contribution >= 0.6 is 11.3 Å². The molecule has 4 heteroatoms. The van der Waals surface area contributed by atoms with Gasteiger partial charge >= 0.3 is 0 Å². The van der Waals surface area contributed by atoms with Crippen LogP contribution in [0.5, 0.6) is 0 Å². The number of rotatable bonds is 6. The molecule has 0 bridgehead atoms. The summed E-state index contributed by atoms with van der Waals surface area (Å²) in [5.74, 6) is -0.105. The molecule has 1 unspecified atom stereocenters. The van der Waals surface area contributed by atoms with E-state index in [1.807, 2.05) is 11.4 Å². The monoisotopic (exact) mass is 224 g/mol. The molecule has 82 valence electrons. The van der Waals surface area contributed by atoms with E-state index in [0.29, 0.717) is 13.0 Å². The Morgan fingerprint density at radius 2 is 2.53 bits per heavy atom. The van der Waals surface area contributed by atoms with Crippen LogP contribution < -0.4 is 11.1 Å². The molecule has 0 saturated heterocycles. The number of carbonyl (C=O) groups is 1. The molecule has 1 atom stereocenters. The number of hydrogen-bond acceptors (Lipinski definition) is 3. The highest BCUT2D eigenvalue weighted by atomic mass is 32.1. The van der Waals surface area contributed by atoms with E-state index in [-0.39, 0.29) is 5.91 Å². The summed E-state index contributed by atoms with van der Waals surface area (Å²) in [6, 6.07) is 3.59. The van der Waals surface area contributed by atoms with Crippen LogP contribution in [0.4, 0.5) is 0 Å². The van der Waals surface area contributed by atoms with Gasteiger partial charge in [-0.15, -0.1) is 17.9 Å². The van der Waals surface area contributed by atoms with Crippen molar-refractivity contribution in [3.8, 4) is 0 Å². The Balaban J connectivity index is 2.19. The van der Waals surface area contributed by atoms with Gasteiger partial charge in [-0.1, -0.05) is 12.1 Å². The highest BCUT2D eigenvalue weighted by Crippen LogP contribution is 2.07. The summed E-state index contributed by atoms with van der Waals surface area (Å²) in [7, 11) is 0. The Hall–Kier alpha value is -1.13. The van der Waals surface area contributed by atoms with Gasteiger partial charge in [0.2, 0.25) is 5.91 Å². The zero-order valence-corrected chi connectivity index (χ0v) is 9.43. The molecule has 0 radical (unpaired) electrons. The molecule has 1 aromatic rings. The minimum atomic E-state index is -0.467. The Kier molecular flexibility index (Phi) is 5.07. The van der Waals surface area contributed by atoms with Crippen LogP contribution in [0.25, 0.3) is 0 Å². The van der Waals surface area contributed by atoms with Crippen molar-refractivity contribution in [2.75, 3.05) is 6.54 Å². The van der Waals surface area contributed by atoms with Gasteiger partial charge in [0.15, 0.2) is 0 Å². The van der Waals surface area contributed by atoms with Crippen molar-refractivity contribution < 1.29 is 4.79 Å². The average molecular weight is 224 g/mol. The zero-order chi connectivity index (χ0) is 11.1. The van der Waals surface area contributed by atoms with E-state index in [1.54, 1.807) is 17.4 Å². The number of hydrogen-bond donors (Lipinski definition) is 2. The van der Waals surface area contributed by atoms with Gasteiger partial charge in [-0.3, -0.25) is 4.79 Å². The maximum Gasteiger partial charge on any atom is 0.237 e. The zero-order valence-electron chi connectivity index (χ0n) is 8.61. The summed E-state index contributed by atoms with van der Waals surface area (Å²) in [6.07, 6.45) is 3.04. The SMILES string of the molecule is C=CCC(N)C(=O)NCCc1cccs1. The van der Waals surface area contributed by atoms with E-state index in [0.717, 1.165) is 6.42 Å². The molecular formula is C11H16N2OS. The van der Waals surface area contributed by atoms with Gasteiger partial charge in [-0.2, -0.15) is 0 Å². The largest absolute Gasteiger partial charge is 0.354 e. The molecule has 0 fully saturated rings. The van der Waals surface area contributed by atoms with E-state index >= 15 is 0 Å². The van der Waals surface area contributed by atoms with Crippen LogP contribution in [-0.2, 0) is 11.2 Å². The molecule has 1 aromatic heterocycles. The van der Waals surface area contributed by atoms with E-state index in [2.05, 4.69) is 18.0 Å². The smallest absolute Gasteiger partial charge is 0.237 e. The highest BCUT2D eigenvalue weighted by Gasteiger charge is 2.10. The minimum absolute atomic E-state index is 0.105. The third-order valence-corrected chi connectivity index (χ3v) is 2.94. The standard InChI is InChI=1S/C11H16N2OS/c1-2-4-10(12)11(14)13-7-6-9-5-3-8-15-9/h2-3,5,8,10H,1,4,6-7,12H2,(H,13,14). The van der Waals surface area contributed by atoms with E-state index in [9.17, 15) is 4.79 Å². The molecule has 3 nitrogen and oxygen atoms in total. The normalized spacial score (nSPS) is 12.1. The van der Waals surface area contributed by atoms with Crippen molar-refractivity contribution in [2.45, 2.75) is 18.9 Å². The van der Waals surface area contributed by atoms with Crippen LogP contribution in [-0.4, -0.2) is 18.5 Å². The average Bonchev–Trinajstić information content (AvgIpc) is 2.71. The molecule has 0 saturated carbocycles. The van der Waals surface area contributed by atoms with Crippen LogP contribution in [0.2, 0.25) is 0 Å². The highest BCUT2D eigenvalue weighted by molar-refractivity contribution is 7.09. The first-order chi connectivity index (χ1) is 7.24. The van der Waals surface area contributed by atoms with Crippen molar-refractivity contribution in [3.63, 3.8) is 0 Å². The maximum absolute atomic E-state index is 11.4. The second-order valence-corrected chi connectivity index (χ2v) is 4.28. The van der Waals surface area contributed by atoms with E-state index in [1.165, 1.54) is 4.88 Å². The lowest BCUT2D eigenvalue weighted by Gasteiger charge is -2.09. The van der Waals surface area contributed by atoms with Crippen molar-refractivity contribution in [1.29, 1.82) is 0 Å². The molecule has 15 heavy (non-hydrogen) atoms. The second kappa shape index (κ2) is 6.37. The quantitative estimate of drug-likeness (QED) is 0.716. The molecule has 0 spiro atoms. The van der Waals surface area contributed by atoms with Crippen molar-refractivity contribution in [2.24, 2.45) is 5.73 Å². The summed E-state index contributed by atoms with van der Waals surface area (Å²) in [5.41, 5.74) is 5.61. The fraction of sp³-hybridized carbons (Fsp3) is 0.364. The van der Waals surface area contributed by atoms with Gasteiger partial charge in [0.25, 0.3) is 0 Å². The maximum atomic E-state index is 11.4. The van der Waals surface area contributed by atoms with Crippen LogP contribution in [0, 0.1) is 0 Å². The fourth-order valence-electron chi connectivity index (χ4n) is 1.18. The molecule has 0 aliphatic carbocycles. The van der Waals surface area contributed by atoms with Crippen LogP contribution in [0.15, 0.2) is 30.2 Å². The molecule has 0 aromatic carbocycles. The first-order valence-electron chi connectivity index (χ1n) is 4.90. The lowest BCUT2D eigenvalue weighted by Crippen LogP contribution is -2.40. The first kappa shape index (κ1) is 11.9. The molecule has 1 amide bonds. The van der Waals surface area contributed by atoms with Crippen LogP contribution in [0.1, 0.15) is 11.3 Å². The summed E-state index contributed by atoms with van der Waals surface area (Å²) in [4.78, 5) is 12.7.